The molecule has 0 saturated carbocycles. The lowest BCUT2D eigenvalue weighted by molar-refractivity contribution is 0.502. The average Bonchev–Trinajstić information content (AvgIpc) is 2.75. The fourth-order valence-corrected chi connectivity index (χ4v) is 3.06. The predicted octanol–water partition coefficient (Wildman–Crippen LogP) is 3.62. The van der Waals surface area contributed by atoms with E-state index in [-0.39, 0.29) is 6.04 Å². The number of halogens is 1. The molecule has 3 rings (SSSR count). The molecule has 1 N–H and O–H groups in total. The molecule has 1 atom stereocenters. The van der Waals surface area contributed by atoms with E-state index in [0.29, 0.717) is 0 Å². The highest BCUT2D eigenvalue weighted by molar-refractivity contribution is 9.10. The summed E-state index contributed by atoms with van der Waals surface area (Å²) in [4.78, 5) is 0. The van der Waals surface area contributed by atoms with Crippen LogP contribution in [0, 0.1) is 0 Å². The maximum absolute atomic E-state index is 4.41. The lowest BCUT2D eigenvalue weighted by atomic mass is 10.2. The highest BCUT2D eigenvalue weighted by Gasteiger charge is 2.18. The van der Waals surface area contributed by atoms with Crippen molar-refractivity contribution in [1.82, 2.24) is 20.1 Å². The van der Waals surface area contributed by atoms with E-state index in [1.165, 1.54) is 24.8 Å². The monoisotopic (exact) mass is 348 g/mol. The highest BCUT2D eigenvalue weighted by atomic mass is 79.9. The zero-order chi connectivity index (χ0) is 14.7. The second-order valence-electron chi connectivity index (χ2n) is 5.67. The molecule has 2 heterocycles. The third-order valence-electron chi connectivity index (χ3n) is 4.05. The van der Waals surface area contributed by atoms with Gasteiger partial charge in [0.25, 0.3) is 0 Å². The van der Waals surface area contributed by atoms with Gasteiger partial charge in [0.15, 0.2) is 0 Å². The number of aromatic nitrogens is 3. The van der Waals surface area contributed by atoms with Gasteiger partial charge in [-0.1, -0.05) is 34.5 Å². The SMILES string of the molecule is CC(NCc1ccc(Br)cc1)c1nnc2n1CCCCC2. The molecule has 4 nitrogen and oxygen atoms in total. The van der Waals surface area contributed by atoms with Gasteiger partial charge in [0.2, 0.25) is 0 Å². The summed E-state index contributed by atoms with van der Waals surface area (Å²) >= 11 is 3.46. The molecule has 1 unspecified atom stereocenters. The molecule has 0 fully saturated rings. The number of rotatable bonds is 4. The Hall–Kier alpha value is -1.20. The minimum absolute atomic E-state index is 0.216. The zero-order valence-corrected chi connectivity index (χ0v) is 13.9. The molecule has 0 radical (unpaired) electrons. The van der Waals surface area contributed by atoms with E-state index in [2.05, 4.69) is 67.2 Å². The van der Waals surface area contributed by atoms with Crippen LogP contribution in [0.25, 0.3) is 0 Å². The van der Waals surface area contributed by atoms with Crippen LogP contribution in [-0.4, -0.2) is 14.8 Å². The van der Waals surface area contributed by atoms with Crippen molar-refractivity contribution in [2.75, 3.05) is 0 Å². The van der Waals surface area contributed by atoms with E-state index in [4.69, 9.17) is 0 Å². The minimum atomic E-state index is 0.216. The molecule has 2 aromatic rings. The van der Waals surface area contributed by atoms with Crippen molar-refractivity contribution in [3.8, 4) is 0 Å². The number of benzene rings is 1. The van der Waals surface area contributed by atoms with Crippen LogP contribution in [0.5, 0.6) is 0 Å². The molecular weight excluding hydrogens is 328 g/mol. The molecule has 5 heteroatoms. The summed E-state index contributed by atoms with van der Waals surface area (Å²) in [5, 5.41) is 12.3. The third-order valence-corrected chi connectivity index (χ3v) is 4.58. The predicted molar refractivity (Wildman–Crippen MR) is 87.0 cm³/mol. The molecule has 0 spiro atoms. The molecule has 0 aliphatic carbocycles. The maximum atomic E-state index is 4.41. The Bertz CT molecular complexity index is 591. The van der Waals surface area contributed by atoms with Crippen LogP contribution in [0.15, 0.2) is 28.7 Å². The molecule has 0 amide bonds. The Kier molecular flexibility index (Phi) is 4.70. The van der Waals surface area contributed by atoms with Gasteiger partial charge < -0.3 is 9.88 Å². The van der Waals surface area contributed by atoms with Gasteiger partial charge in [-0.05, 0) is 37.5 Å². The molecular formula is C16H21BrN4. The van der Waals surface area contributed by atoms with E-state index in [0.717, 1.165) is 35.6 Å². The van der Waals surface area contributed by atoms with Gasteiger partial charge in [0.05, 0.1) is 6.04 Å². The smallest absolute Gasteiger partial charge is 0.149 e. The normalized spacial score (nSPS) is 16.3. The number of aryl methyl sites for hydroxylation is 1. The van der Waals surface area contributed by atoms with Gasteiger partial charge in [-0.15, -0.1) is 10.2 Å². The number of hydrogen-bond acceptors (Lipinski definition) is 3. The second kappa shape index (κ2) is 6.71. The highest BCUT2D eigenvalue weighted by Crippen LogP contribution is 2.19. The Morgan fingerprint density at radius 3 is 2.81 bits per heavy atom. The number of fused-ring (bicyclic) bond motifs is 1. The van der Waals surface area contributed by atoms with Crippen LogP contribution in [-0.2, 0) is 19.5 Å². The lowest BCUT2D eigenvalue weighted by Gasteiger charge is -2.15. The largest absolute Gasteiger partial charge is 0.314 e. The van der Waals surface area contributed by atoms with Gasteiger partial charge in [-0.3, -0.25) is 0 Å². The zero-order valence-electron chi connectivity index (χ0n) is 12.3. The molecule has 1 aliphatic heterocycles. The number of hydrogen-bond donors (Lipinski definition) is 1. The summed E-state index contributed by atoms with van der Waals surface area (Å²) in [5.74, 6) is 2.23. The van der Waals surface area contributed by atoms with Crippen molar-refractivity contribution in [3.63, 3.8) is 0 Å². The molecule has 21 heavy (non-hydrogen) atoms. The van der Waals surface area contributed by atoms with Crippen LogP contribution in [0.4, 0.5) is 0 Å². The van der Waals surface area contributed by atoms with Crippen LogP contribution < -0.4 is 5.32 Å². The van der Waals surface area contributed by atoms with Gasteiger partial charge in [-0.2, -0.15) is 0 Å². The van der Waals surface area contributed by atoms with E-state index >= 15 is 0 Å². The maximum Gasteiger partial charge on any atom is 0.149 e. The summed E-state index contributed by atoms with van der Waals surface area (Å²) in [6.45, 7) is 4.07. The molecule has 1 aliphatic rings. The summed E-state index contributed by atoms with van der Waals surface area (Å²) in [5.41, 5.74) is 1.28. The van der Waals surface area contributed by atoms with Crippen LogP contribution in [0.2, 0.25) is 0 Å². The van der Waals surface area contributed by atoms with Gasteiger partial charge in [-0.25, -0.2) is 0 Å². The first-order valence-corrected chi connectivity index (χ1v) is 8.43. The first kappa shape index (κ1) is 14.7. The Morgan fingerprint density at radius 1 is 1.19 bits per heavy atom. The van der Waals surface area contributed by atoms with Crippen molar-refractivity contribution in [1.29, 1.82) is 0 Å². The fraction of sp³-hybridized carbons (Fsp3) is 0.500. The fourth-order valence-electron chi connectivity index (χ4n) is 2.79. The van der Waals surface area contributed by atoms with Crippen LogP contribution >= 0.6 is 15.9 Å². The van der Waals surface area contributed by atoms with Crippen LogP contribution in [0.3, 0.4) is 0 Å². The summed E-state index contributed by atoms with van der Waals surface area (Å²) in [6.07, 6.45) is 4.83. The van der Waals surface area contributed by atoms with Crippen molar-refractivity contribution >= 4 is 15.9 Å². The Labute approximate surface area is 134 Å². The summed E-state index contributed by atoms with van der Waals surface area (Å²) in [7, 11) is 0. The van der Waals surface area contributed by atoms with Gasteiger partial charge >= 0.3 is 0 Å². The first-order chi connectivity index (χ1) is 10.2. The lowest BCUT2D eigenvalue weighted by Crippen LogP contribution is -2.22. The molecule has 0 bridgehead atoms. The van der Waals surface area contributed by atoms with Gasteiger partial charge in [0, 0.05) is 24.0 Å². The summed E-state index contributed by atoms with van der Waals surface area (Å²) < 4.78 is 3.42. The quantitative estimate of drug-likeness (QED) is 0.917. The Morgan fingerprint density at radius 2 is 2.00 bits per heavy atom. The van der Waals surface area contributed by atoms with Crippen molar-refractivity contribution in [3.05, 3.63) is 46.0 Å². The van der Waals surface area contributed by atoms with Gasteiger partial charge in [0.1, 0.15) is 11.6 Å². The molecule has 112 valence electrons. The molecule has 1 aromatic carbocycles. The Balaban J connectivity index is 1.66. The van der Waals surface area contributed by atoms with E-state index < -0.39 is 0 Å². The van der Waals surface area contributed by atoms with Crippen molar-refractivity contribution < 1.29 is 0 Å². The third kappa shape index (κ3) is 3.52. The van der Waals surface area contributed by atoms with Crippen molar-refractivity contribution in [2.45, 2.75) is 51.7 Å². The van der Waals surface area contributed by atoms with Crippen LogP contribution in [0.1, 0.15) is 49.4 Å². The van der Waals surface area contributed by atoms with E-state index in [1.807, 2.05) is 0 Å². The molecule has 1 aromatic heterocycles. The first-order valence-electron chi connectivity index (χ1n) is 7.64. The second-order valence-corrected chi connectivity index (χ2v) is 6.58. The van der Waals surface area contributed by atoms with E-state index in [1.54, 1.807) is 0 Å². The topological polar surface area (TPSA) is 42.7 Å². The number of nitrogens with one attached hydrogen (secondary N) is 1. The summed E-state index contributed by atoms with van der Waals surface area (Å²) in [6, 6.07) is 8.63. The standard InChI is InChI=1S/C16H21BrN4/c1-12(18-11-13-6-8-14(17)9-7-13)16-20-19-15-5-3-2-4-10-21(15)16/h6-9,12,18H,2-5,10-11H2,1H3. The van der Waals surface area contributed by atoms with E-state index in [9.17, 15) is 0 Å². The molecule has 0 saturated heterocycles. The number of nitrogens with zero attached hydrogens (tertiary/aromatic N) is 3. The minimum Gasteiger partial charge on any atom is -0.314 e. The van der Waals surface area contributed by atoms with Crippen molar-refractivity contribution in [2.24, 2.45) is 0 Å². The average molecular weight is 349 g/mol.